The molecule has 3 aromatic rings. The molecule has 1 saturated heterocycles. The van der Waals surface area contributed by atoms with Gasteiger partial charge in [0.05, 0.1) is 76.3 Å². The number of rotatable bonds is 24. The second kappa shape index (κ2) is 22.5. The van der Waals surface area contributed by atoms with Crippen LogP contribution in [0, 0.1) is 0 Å². The number of aromatic nitrogens is 1. The highest BCUT2D eigenvalue weighted by atomic mass is 16.6. The Morgan fingerprint density at radius 3 is 2.05 bits per heavy atom. The summed E-state index contributed by atoms with van der Waals surface area (Å²) in [7, 11) is 0. The highest BCUT2D eigenvalue weighted by Gasteiger charge is 2.44. The van der Waals surface area contributed by atoms with Crippen LogP contribution < -0.4 is 15.8 Å². The van der Waals surface area contributed by atoms with E-state index in [2.05, 4.69) is 26.5 Å². The molecule has 1 aliphatic carbocycles. The molecule has 2 aliphatic heterocycles. The Labute approximate surface area is 347 Å². The third-order valence-corrected chi connectivity index (χ3v) is 9.95. The number of ether oxygens (including phenoxy) is 6. The van der Waals surface area contributed by atoms with Crippen LogP contribution in [0.4, 0.5) is 0 Å². The third kappa shape index (κ3) is 11.7. The number of aliphatic imine (C=N–C) groups is 1. The summed E-state index contributed by atoms with van der Waals surface area (Å²) in [5.41, 5.74) is 13.0. The van der Waals surface area contributed by atoms with Gasteiger partial charge in [-0.3, -0.25) is 39.4 Å². The molecular weight excluding hydrogens is 777 g/mol. The molecule has 318 valence electrons. The Hall–Kier alpha value is -5.85. The smallest absolute Gasteiger partial charge is 0.262 e. The number of allylic oxidation sites excluding steroid dienone is 1. The number of hydrogen-bond acceptors (Lipinski definition) is 15. The molecule has 1 unspecified atom stereocenters. The molecule has 60 heavy (non-hydrogen) atoms. The van der Waals surface area contributed by atoms with Crippen molar-refractivity contribution in [3.05, 3.63) is 94.3 Å². The highest BCUT2D eigenvalue weighted by molar-refractivity contribution is 6.23. The van der Waals surface area contributed by atoms with E-state index in [4.69, 9.17) is 34.2 Å². The molecule has 17 nitrogen and oxygen atoms in total. The first-order valence-electron chi connectivity index (χ1n) is 20.0. The molecule has 3 heterocycles. The lowest BCUT2D eigenvalue weighted by atomic mass is 9.97. The van der Waals surface area contributed by atoms with Crippen LogP contribution in [0.25, 0.3) is 11.3 Å². The molecule has 0 radical (unpaired) electrons. The normalized spacial score (nSPS) is 17.4. The number of piperidine rings is 1. The molecule has 17 heteroatoms. The average molecular weight is 827 g/mol. The molecule has 1 atom stereocenters. The molecule has 1 aromatic heterocycles. The summed E-state index contributed by atoms with van der Waals surface area (Å²) < 4.78 is 33.6. The van der Waals surface area contributed by atoms with Gasteiger partial charge in [-0.1, -0.05) is 23.4 Å². The molecule has 6 rings (SSSR count). The van der Waals surface area contributed by atoms with Gasteiger partial charge in [0, 0.05) is 60.6 Å². The van der Waals surface area contributed by atoms with Crippen molar-refractivity contribution in [1.82, 2.24) is 15.2 Å². The monoisotopic (exact) mass is 826 g/mol. The zero-order chi connectivity index (χ0) is 42.1. The number of benzene rings is 2. The van der Waals surface area contributed by atoms with Gasteiger partial charge in [-0.15, -0.1) is 0 Å². The van der Waals surface area contributed by atoms with E-state index in [-0.39, 0.29) is 37.2 Å². The fraction of sp³-hybridized carbons (Fsp3) is 0.419. The number of oxime groups is 1. The zero-order valence-corrected chi connectivity index (χ0v) is 33.3. The number of fused-ring (bicyclic) bond motifs is 2. The molecule has 2 aromatic carbocycles. The first-order valence-corrected chi connectivity index (χ1v) is 20.0. The van der Waals surface area contributed by atoms with Crippen LogP contribution in [0.3, 0.4) is 0 Å². The summed E-state index contributed by atoms with van der Waals surface area (Å²) in [6.07, 6.45) is 7.62. The molecule has 0 saturated carbocycles. The highest BCUT2D eigenvalue weighted by Crippen LogP contribution is 2.31. The van der Waals surface area contributed by atoms with Crippen molar-refractivity contribution >= 4 is 46.8 Å². The lowest BCUT2D eigenvalue weighted by Gasteiger charge is -2.27. The molecule has 0 bridgehead atoms. The Kier molecular flexibility index (Phi) is 16.4. The molecule has 3 aliphatic rings. The number of nitrogens with two attached hydrogens (primary N) is 1. The van der Waals surface area contributed by atoms with Gasteiger partial charge in [0.1, 0.15) is 18.4 Å². The lowest BCUT2D eigenvalue weighted by Crippen LogP contribution is -2.54. The minimum atomic E-state index is -1.02. The van der Waals surface area contributed by atoms with E-state index in [0.717, 1.165) is 45.6 Å². The fourth-order valence-corrected chi connectivity index (χ4v) is 6.88. The van der Waals surface area contributed by atoms with Crippen LogP contribution >= 0.6 is 0 Å². The van der Waals surface area contributed by atoms with E-state index in [1.165, 1.54) is 12.1 Å². The number of carbonyl (C=O) groups is 4. The molecule has 0 spiro atoms. The molecular formula is C43H50N6O11. The van der Waals surface area contributed by atoms with Gasteiger partial charge in [-0.25, -0.2) is 0 Å². The number of aryl methyl sites for hydroxylation is 1. The van der Waals surface area contributed by atoms with E-state index >= 15 is 0 Å². The first kappa shape index (κ1) is 43.7. The maximum atomic E-state index is 13.0. The van der Waals surface area contributed by atoms with Crippen molar-refractivity contribution in [1.29, 1.82) is 0 Å². The van der Waals surface area contributed by atoms with Crippen LogP contribution in [-0.4, -0.2) is 136 Å². The lowest BCUT2D eigenvalue weighted by molar-refractivity contribution is -0.136. The van der Waals surface area contributed by atoms with Crippen LogP contribution in [-0.2, 0) is 39.7 Å². The minimum Gasteiger partial charge on any atom is -0.491 e. The second-order valence-corrected chi connectivity index (χ2v) is 13.9. The minimum absolute atomic E-state index is 0.0574. The first-order chi connectivity index (χ1) is 29.4. The molecule has 4 amide bonds. The number of nitrogens with zero attached hydrogens (tertiary/aromatic N) is 4. The number of carbonyl (C=O) groups excluding carboxylic acids is 4. The number of pyridine rings is 1. The van der Waals surface area contributed by atoms with E-state index < -0.39 is 29.7 Å². The number of nitrogens with one attached hydrogen (secondary N) is 1. The average Bonchev–Trinajstić information content (AvgIpc) is 3.79. The van der Waals surface area contributed by atoms with E-state index in [9.17, 15) is 24.4 Å². The maximum Gasteiger partial charge on any atom is 0.262 e. The number of hydrogen-bond donors (Lipinski definition) is 3. The van der Waals surface area contributed by atoms with Gasteiger partial charge >= 0.3 is 0 Å². The van der Waals surface area contributed by atoms with Crippen molar-refractivity contribution in [2.45, 2.75) is 38.1 Å². The van der Waals surface area contributed by atoms with Gasteiger partial charge in [0.15, 0.2) is 0 Å². The van der Waals surface area contributed by atoms with Crippen molar-refractivity contribution in [2.24, 2.45) is 15.9 Å². The summed E-state index contributed by atoms with van der Waals surface area (Å²) in [4.78, 5) is 59.2. The largest absolute Gasteiger partial charge is 0.491 e. The van der Waals surface area contributed by atoms with Crippen molar-refractivity contribution in [2.75, 3.05) is 79.2 Å². The van der Waals surface area contributed by atoms with E-state index in [0.29, 0.717) is 89.6 Å². The van der Waals surface area contributed by atoms with Crippen molar-refractivity contribution in [3.8, 4) is 5.75 Å². The third-order valence-electron chi connectivity index (χ3n) is 9.95. The van der Waals surface area contributed by atoms with Crippen LogP contribution in [0.2, 0.25) is 0 Å². The number of amides is 4. The summed E-state index contributed by atoms with van der Waals surface area (Å²) in [6, 6.07) is 13.3. The van der Waals surface area contributed by atoms with Gasteiger partial charge in [0.2, 0.25) is 11.8 Å². The van der Waals surface area contributed by atoms with Crippen LogP contribution in [0.1, 0.15) is 68.7 Å². The predicted octanol–water partition coefficient (Wildman–Crippen LogP) is 3.06. The standard InChI is InChI=1S/C43H50N6O11/c44-40(29-10-13-45-14-11-29)36(31-2-5-33-30(26-31)3-7-37(33)48-54)28-46-12-1-15-55-16-17-56-18-19-57-20-21-58-22-23-59-24-25-60-32-4-6-34-35(27-32)43(53)49(42(34)52)38-8-9-39(50)47-41(38)51/h2,4-6,10-11,13-14,26-28,38,54H,1,3,7-9,12,15-25,44H2,(H,47,50,51)/b40-36?,46-28?,48-37+. The Bertz CT molecular complexity index is 2070. The fourth-order valence-electron chi connectivity index (χ4n) is 6.88. The SMILES string of the molecule is NC(=C(C=NCCCOCCOCCOCCOCCOCCOc1ccc2c(c1)C(=O)N(C1CCC(=O)NC1=O)C2=O)c1ccc2c(c1)CC/C2=N\O)c1ccncc1. The van der Waals surface area contributed by atoms with Gasteiger partial charge in [-0.2, -0.15) is 0 Å². The Balaban J connectivity index is 0.751. The maximum absolute atomic E-state index is 13.0. The van der Waals surface area contributed by atoms with E-state index in [1.54, 1.807) is 18.5 Å². The van der Waals surface area contributed by atoms with Gasteiger partial charge in [0.25, 0.3) is 11.8 Å². The molecule has 4 N–H and O–H groups in total. The summed E-state index contributed by atoms with van der Waals surface area (Å²) >= 11 is 0. The topological polar surface area (TPSA) is 223 Å². The molecule has 1 fully saturated rings. The zero-order valence-electron chi connectivity index (χ0n) is 33.3. The quantitative estimate of drug-likeness (QED) is 0.0389. The van der Waals surface area contributed by atoms with Crippen molar-refractivity contribution < 1.29 is 52.8 Å². The number of imide groups is 2. The second-order valence-electron chi connectivity index (χ2n) is 13.9. The Morgan fingerprint density at radius 2 is 1.38 bits per heavy atom. The predicted molar refractivity (Wildman–Crippen MR) is 219 cm³/mol. The van der Waals surface area contributed by atoms with Gasteiger partial charge < -0.3 is 39.4 Å². The Morgan fingerprint density at radius 1 is 0.750 bits per heavy atom. The van der Waals surface area contributed by atoms with Crippen molar-refractivity contribution in [3.63, 3.8) is 0 Å². The van der Waals surface area contributed by atoms with Crippen LogP contribution in [0.15, 0.2) is 71.1 Å². The summed E-state index contributed by atoms with van der Waals surface area (Å²) in [5, 5.41) is 14.9. The van der Waals surface area contributed by atoms with Gasteiger partial charge in [-0.05, 0) is 67.1 Å². The van der Waals surface area contributed by atoms with Crippen LogP contribution in [0.5, 0.6) is 5.75 Å². The summed E-state index contributed by atoms with van der Waals surface area (Å²) in [6.45, 7) is 4.95. The summed E-state index contributed by atoms with van der Waals surface area (Å²) in [5.74, 6) is -1.85. The van der Waals surface area contributed by atoms with E-state index in [1.807, 2.05) is 30.5 Å².